The molecule has 0 unspecified atom stereocenters. The second-order valence-corrected chi connectivity index (χ2v) is 4.68. The van der Waals surface area contributed by atoms with Gasteiger partial charge in [0.05, 0.1) is 41.1 Å². The van der Waals surface area contributed by atoms with E-state index in [1.54, 1.807) is 6.20 Å². The summed E-state index contributed by atoms with van der Waals surface area (Å²) in [5.74, 6) is 0.790. The first-order valence-corrected chi connectivity index (χ1v) is 6.24. The molecule has 0 bridgehead atoms. The first-order chi connectivity index (χ1) is 8.75. The molecule has 18 heavy (non-hydrogen) atoms. The van der Waals surface area contributed by atoms with Crippen molar-refractivity contribution in [1.29, 1.82) is 0 Å². The zero-order valence-electron chi connectivity index (χ0n) is 10.6. The van der Waals surface area contributed by atoms with Gasteiger partial charge in [-0.25, -0.2) is 4.98 Å². The highest BCUT2D eigenvalue weighted by Crippen LogP contribution is 2.27. The van der Waals surface area contributed by atoms with Crippen LogP contribution in [-0.4, -0.2) is 21.7 Å². The summed E-state index contributed by atoms with van der Waals surface area (Å²) in [6.07, 6.45) is 5.93. The van der Waals surface area contributed by atoms with Gasteiger partial charge in [-0.15, -0.1) is 0 Å². The third-order valence-corrected chi connectivity index (χ3v) is 3.36. The van der Waals surface area contributed by atoms with Gasteiger partial charge < -0.3 is 9.84 Å². The van der Waals surface area contributed by atoms with Gasteiger partial charge in [-0.1, -0.05) is 5.16 Å². The minimum absolute atomic E-state index is 0.331. The third kappa shape index (κ3) is 1.90. The van der Waals surface area contributed by atoms with Crippen molar-refractivity contribution in [3.63, 3.8) is 0 Å². The fourth-order valence-corrected chi connectivity index (χ4v) is 2.46. The van der Waals surface area contributed by atoms with Gasteiger partial charge in [0.1, 0.15) is 5.76 Å². The molecule has 0 saturated carbocycles. The Hall–Kier alpha value is -1.75. The SMILES string of the molecule is Cc1noc(C)c1-c1cncc([C@H]2CCCN2)n1. The van der Waals surface area contributed by atoms with Gasteiger partial charge >= 0.3 is 0 Å². The lowest BCUT2D eigenvalue weighted by atomic mass is 10.1. The molecule has 0 radical (unpaired) electrons. The Kier molecular flexibility index (Phi) is 2.83. The van der Waals surface area contributed by atoms with Crippen molar-refractivity contribution in [2.24, 2.45) is 0 Å². The van der Waals surface area contributed by atoms with Crippen LogP contribution in [0.4, 0.5) is 0 Å². The summed E-state index contributed by atoms with van der Waals surface area (Å²) in [7, 11) is 0. The average Bonchev–Trinajstić information content (AvgIpc) is 3.00. The van der Waals surface area contributed by atoms with E-state index in [9.17, 15) is 0 Å². The first kappa shape index (κ1) is 11.3. The maximum Gasteiger partial charge on any atom is 0.143 e. The van der Waals surface area contributed by atoms with Crippen molar-refractivity contribution in [2.45, 2.75) is 32.7 Å². The van der Waals surface area contributed by atoms with Crippen LogP contribution in [0.25, 0.3) is 11.3 Å². The summed E-state index contributed by atoms with van der Waals surface area (Å²) >= 11 is 0. The summed E-state index contributed by atoms with van der Waals surface area (Å²) in [5, 5.41) is 7.39. The molecule has 1 fully saturated rings. The van der Waals surface area contributed by atoms with E-state index >= 15 is 0 Å². The predicted octanol–water partition coefficient (Wildman–Crippen LogP) is 2.17. The molecule has 1 atom stereocenters. The molecule has 2 aromatic heterocycles. The van der Waals surface area contributed by atoms with Crippen LogP contribution in [0.2, 0.25) is 0 Å². The monoisotopic (exact) mass is 244 g/mol. The molecule has 0 spiro atoms. The molecule has 5 heteroatoms. The topological polar surface area (TPSA) is 63.8 Å². The highest BCUT2D eigenvalue weighted by molar-refractivity contribution is 5.62. The minimum Gasteiger partial charge on any atom is -0.361 e. The summed E-state index contributed by atoms with van der Waals surface area (Å²) in [6, 6.07) is 0.331. The quantitative estimate of drug-likeness (QED) is 0.877. The largest absolute Gasteiger partial charge is 0.361 e. The Bertz CT molecular complexity index is 538. The zero-order valence-corrected chi connectivity index (χ0v) is 10.6. The van der Waals surface area contributed by atoms with Gasteiger partial charge in [0.15, 0.2) is 0 Å². The molecule has 2 aromatic rings. The van der Waals surface area contributed by atoms with Crippen LogP contribution in [0.1, 0.15) is 36.0 Å². The second kappa shape index (κ2) is 4.49. The fraction of sp³-hybridized carbons (Fsp3) is 0.462. The molecule has 1 aliphatic rings. The Morgan fingerprint density at radius 3 is 2.89 bits per heavy atom. The molecular weight excluding hydrogens is 228 g/mol. The molecule has 0 aromatic carbocycles. The van der Waals surface area contributed by atoms with Crippen molar-refractivity contribution >= 4 is 0 Å². The Morgan fingerprint density at radius 2 is 2.22 bits per heavy atom. The average molecular weight is 244 g/mol. The molecule has 0 aliphatic carbocycles. The highest BCUT2D eigenvalue weighted by atomic mass is 16.5. The molecule has 1 aliphatic heterocycles. The van der Waals surface area contributed by atoms with E-state index in [2.05, 4.69) is 15.5 Å². The zero-order chi connectivity index (χ0) is 12.5. The van der Waals surface area contributed by atoms with Gasteiger partial charge in [0.2, 0.25) is 0 Å². The fourth-order valence-electron chi connectivity index (χ4n) is 2.46. The van der Waals surface area contributed by atoms with Crippen molar-refractivity contribution in [3.8, 4) is 11.3 Å². The molecule has 94 valence electrons. The summed E-state index contributed by atoms with van der Waals surface area (Å²) in [4.78, 5) is 8.99. The van der Waals surface area contributed by atoms with Crippen LogP contribution >= 0.6 is 0 Å². The Labute approximate surface area is 106 Å². The lowest BCUT2D eigenvalue weighted by Gasteiger charge is -2.10. The molecule has 1 saturated heterocycles. The van der Waals surface area contributed by atoms with E-state index in [-0.39, 0.29) is 0 Å². The van der Waals surface area contributed by atoms with Crippen LogP contribution < -0.4 is 5.32 Å². The van der Waals surface area contributed by atoms with E-state index in [0.717, 1.165) is 41.4 Å². The molecular formula is C13H16N4O. The molecule has 0 amide bonds. The summed E-state index contributed by atoms with van der Waals surface area (Å²) in [6.45, 7) is 4.88. The van der Waals surface area contributed by atoms with Crippen molar-refractivity contribution < 1.29 is 4.52 Å². The number of aromatic nitrogens is 3. The maximum absolute atomic E-state index is 5.18. The van der Waals surface area contributed by atoms with Crippen LogP contribution in [0, 0.1) is 13.8 Å². The van der Waals surface area contributed by atoms with Gasteiger partial charge in [-0.05, 0) is 33.2 Å². The van der Waals surface area contributed by atoms with Crippen molar-refractivity contribution in [3.05, 3.63) is 29.5 Å². The summed E-state index contributed by atoms with van der Waals surface area (Å²) < 4.78 is 5.18. The Morgan fingerprint density at radius 1 is 1.33 bits per heavy atom. The predicted molar refractivity (Wildman–Crippen MR) is 67.0 cm³/mol. The smallest absolute Gasteiger partial charge is 0.143 e. The number of nitrogens with one attached hydrogen (secondary N) is 1. The van der Waals surface area contributed by atoms with Gasteiger partial charge in [0.25, 0.3) is 0 Å². The second-order valence-electron chi connectivity index (χ2n) is 4.68. The number of rotatable bonds is 2. The van der Waals surface area contributed by atoms with E-state index < -0.39 is 0 Å². The van der Waals surface area contributed by atoms with Gasteiger partial charge in [-0.3, -0.25) is 4.98 Å². The standard InChI is InChI=1S/C13H16N4O/c1-8-13(9(2)18-17-8)12-7-14-6-11(16-12)10-4-3-5-15-10/h6-7,10,15H,3-5H2,1-2H3/t10-/m1/s1. The number of hydrogen-bond donors (Lipinski definition) is 1. The van der Waals surface area contributed by atoms with E-state index in [4.69, 9.17) is 9.51 Å². The van der Waals surface area contributed by atoms with Crippen LogP contribution in [0.3, 0.4) is 0 Å². The van der Waals surface area contributed by atoms with Gasteiger partial charge in [-0.2, -0.15) is 0 Å². The molecule has 5 nitrogen and oxygen atoms in total. The number of nitrogens with zero attached hydrogens (tertiary/aromatic N) is 3. The van der Waals surface area contributed by atoms with Crippen LogP contribution in [-0.2, 0) is 0 Å². The van der Waals surface area contributed by atoms with Gasteiger partial charge in [0, 0.05) is 0 Å². The third-order valence-electron chi connectivity index (χ3n) is 3.36. The van der Waals surface area contributed by atoms with Crippen LogP contribution in [0.15, 0.2) is 16.9 Å². The highest BCUT2D eigenvalue weighted by Gasteiger charge is 2.20. The first-order valence-electron chi connectivity index (χ1n) is 6.24. The summed E-state index contributed by atoms with van der Waals surface area (Å²) in [5.41, 5.74) is 3.67. The number of aryl methyl sites for hydroxylation is 2. The van der Waals surface area contributed by atoms with E-state index in [1.165, 1.54) is 6.42 Å². The molecule has 3 rings (SSSR count). The van der Waals surface area contributed by atoms with E-state index in [1.807, 2.05) is 20.0 Å². The minimum atomic E-state index is 0.331. The maximum atomic E-state index is 5.18. The molecule has 1 N–H and O–H groups in total. The van der Waals surface area contributed by atoms with Crippen molar-refractivity contribution in [2.75, 3.05) is 6.54 Å². The van der Waals surface area contributed by atoms with E-state index in [0.29, 0.717) is 6.04 Å². The normalized spacial score (nSPS) is 19.3. The molecule has 3 heterocycles. The lowest BCUT2D eigenvalue weighted by Crippen LogP contribution is -2.14. The Balaban J connectivity index is 2.00. The van der Waals surface area contributed by atoms with Crippen molar-refractivity contribution in [1.82, 2.24) is 20.4 Å². The number of hydrogen-bond acceptors (Lipinski definition) is 5. The lowest BCUT2D eigenvalue weighted by molar-refractivity contribution is 0.393. The van der Waals surface area contributed by atoms with Crippen LogP contribution in [0.5, 0.6) is 0 Å².